The second-order valence-electron chi connectivity index (χ2n) is 2.32. The van der Waals surface area contributed by atoms with Gasteiger partial charge in [0.15, 0.2) is 0 Å². The summed E-state index contributed by atoms with van der Waals surface area (Å²) in [5.74, 6) is 0.814. The Labute approximate surface area is 44.7 Å². The Hall–Kier alpha value is -0.0400. The van der Waals surface area contributed by atoms with Crippen molar-refractivity contribution in [1.82, 2.24) is 0 Å². The Morgan fingerprint density at radius 3 is 2.71 bits per heavy atom. The van der Waals surface area contributed by atoms with Gasteiger partial charge in [-0.25, -0.2) is 0 Å². The zero-order valence-electron chi connectivity index (χ0n) is 4.81. The van der Waals surface area contributed by atoms with Crippen LogP contribution in [-0.4, -0.2) is 13.2 Å². The molecule has 1 unspecified atom stereocenters. The molecule has 1 aliphatic rings. The third-order valence-corrected chi connectivity index (χ3v) is 1.39. The summed E-state index contributed by atoms with van der Waals surface area (Å²) in [5, 5.41) is 0. The summed E-state index contributed by atoms with van der Waals surface area (Å²) in [6.45, 7) is 4.21. The van der Waals surface area contributed by atoms with Gasteiger partial charge in [0.1, 0.15) is 0 Å². The van der Waals surface area contributed by atoms with Crippen LogP contribution in [-0.2, 0) is 4.74 Å². The number of rotatable bonds is 0. The fraction of sp³-hybridized carbons (Fsp3) is 1.00. The van der Waals surface area contributed by atoms with Crippen LogP contribution in [0.4, 0.5) is 0 Å². The van der Waals surface area contributed by atoms with E-state index in [0.29, 0.717) is 0 Å². The van der Waals surface area contributed by atoms with Gasteiger partial charge in [0.25, 0.3) is 0 Å². The fourth-order valence-corrected chi connectivity index (χ4v) is 0.902. The average Bonchev–Trinajstić information content (AvgIpc) is 1.69. The molecule has 0 bridgehead atoms. The minimum atomic E-state index is 0.814. The monoisotopic (exact) mass is 100 g/mol. The molecule has 0 aromatic heterocycles. The maximum Gasteiger partial charge on any atom is 0.0491 e. The first-order chi connectivity index (χ1) is 3.39. The highest BCUT2D eigenvalue weighted by molar-refractivity contribution is 4.55. The molecule has 0 saturated carbocycles. The lowest BCUT2D eigenvalue weighted by atomic mass is 10.1. The van der Waals surface area contributed by atoms with Crippen molar-refractivity contribution < 1.29 is 4.74 Å². The van der Waals surface area contributed by atoms with E-state index in [1.807, 2.05) is 0 Å². The van der Waals surface area contributed by atoms with Crippen molar-refractivity contribution in [3.8, 4) is 0 Å². The van der Waals surface area contributed by atoms with Gasteiger partial charge in [-0.05, 0) is 18.8 Å². The summed E-state index contributed by atoms with van der Waals surface area (Å²) in [6, 6.07) is 0. The Morgan fingerprint density at radius 2 is 2.43 bits per heavy atom. The predicted octanol–water partition coefficient (Wildman–Crippen LogP) is 1.43. The van der Waals surface area contributed by atoms with E-state index in [2.05, 4.69) is 6.92 Å². The maximum atomic E-state index is 5.18. The molecular formula is C6H12O. The summed E-state index contributed by atoms with van der Waals surface area (Å²) in [5.41, 5.74) is 0. The highest BCUT2D eigenvalue weighted by Crippen LogP contribution is 2.10. The summed E-state index contributed by atoms with van der Waals surface area (Å²) in [7, 11) is 0. The summed E-state index contributed by atoms with van der Waals surface area (Å²) in [6.07, 6.45) is 2.63. The normalized spacial score (nSPS) is 33.0. The molecule has 1 heteroatoms. The fourth-order valence-electron chi connectivity index (χ4n) is 0.902. The number of hydrogen-bond acceptors (Lipinski definition) is 1. The molecule has 0 spiro atoms. The molecule has 1 fully saturated rings. The summed E-state index contributed by atoms with van der Waals surface area (Å²) in [4.78, 5) is 0. The van der Waals surface area contributed by atoms with Gasteiger partial charge in [0.05, 0.1) is 0 Å². The van der Waals surface area contributed by atoms with Crippen LogP contribution in [0, 0.1) is 5.92 Å². The number of ether oxygens (including phenoxy) is 1. The van der Waals surface area contributed by atoms with Crippen molar-refractivity contribution in [1.29, 1.82) is 0 Å². The van der Waals surface area contributed by atoms with Crippen LogP contribution in [0.1, 0.15) is 19.8 Å². The molecule has 1 heterocycles. The molecule has 0 radical (unpaired) electrons. The van der Waals surface area contributed by atoms with Crippen LogP contribution in [0.15, 0.2) is 0 Å². The van der Waals surface area contributed by atoms with Gasteiger partial charge in [-0.2, -0.15) is 0 Å². The van der Waals surface area contributed by atoms with E-state index in [0.717, 1.165) is 19.1 Å². The van der Waals surface area contributed by atoms with Gasteiger partial charge in [0.2, 0.25) is 0 Å². The van der Waals surface area contributed by atoms with E-state index in [1.54, 1.807) is 0 Å². The average molecular weight is 100 g/mol. The van der Waals surface area contributed by atoms with E-state index in [-0.39, 0.29) is 0 Å². The van der Waals surface area contributed by atoms with E-state index in [9.17, 15) is 0 Å². The van der Waals surface area contributed by atoms with E-state index in [4.69, 9.17) is 4.74 Å². The van der Waals surface area contributed by atoms with Crippen molar-refractivity contribution in [2.45, 2.75) is 19.8 Å². The maximum absolute atomic E-state index is 5.18. The molecule has 0 amide bonds. The molecule has 0 N–H and O–H groups in total. The first-order valence-electron chi connectivity index (χ1n) is 2.97. The molecular weight excluding hydrogens is 88.1 g/mol. The Morgan fingerprint density at radius 1 is 1.57 bits per heavy atom. The van der Waals surface area contributed by atoms with Crippen LogP contribution in [0.2, 0.25) is 0 Å². The quantitative estimate of drug-likeness (QED) is 0.447. The lowest BCUT2D eigenvalue weighted by Crippen LogP contribution is -2.13. The second-order valence-corrected chi connectivity index (χ2v) is 2.32. The Balaban J connectivity index is 2.12. The first-order valence-corrected chi connectivity index (χ1v) is 2.97. The minimum absolute atomic E-state index is 0.814. The second kappa shape index (κ2) is 2.31. The minimum Gasteiger partial charge on any atom is -0.381 e. The molecule has 1 atom stereocenters. The van der Waals surface area contributed by atoms with Gasteiger partial charge in [-0.3, -0.25) is 0 Å². The number of hydrogen-bond donors (Lipinski definition) is 0. The third kappa shape index (κ3) is 1.48. The molecule has 42 valence electrons. The highest BCUT2D eigenvalue weighted by atomic mass is 16.5. The first kappa shape index (κ1) is 5.10. The van der Waals surface area contributed by atoms with Crippen molar-refractivity contribution in [3.63, 3.8) is 0 Å². The van der Waals surface area contributed by atoms with E-state index in [1.165, 1.54) is 12.8 Å². The van der Waals surface area contributed by atoms with Crippen molar-refractivity contribution in [2.24, 2.45) is 5.92 Å². The SMILES string of the molecule is CC1CCCOC1. The molecule has 0 aliphatic carbocycles. The predicted molar refractivity (Wildman–Crippen MR) is 29.2 cm³/mol. The van der Waals surface area contributed by atoms with Crippen LogP contribution in [0.5, 0.6) is 0 Å². The zero-order chi connectivity index (χ0) is 5.11. The van der Waals surface area contributed by atoms with Crippen LogP contribution in [0.3, 0.4) is 0 Å². The highest BCUT2D eigenvalue weighted by Gasteiger charge is 2.06. The largest absolute Gasteiger partial charge is 0.381 e. The van der Waals surface area contributed by atoms with E-state index >= 15 is 0 Å². The third-order valence-electron chi connectivity index (χ3n) is 1.39. The summed E-state index contributed by atoms with van der Waals surface area (Å²) < 4.78 is 5.18. The Bertz CT molecular complexity index is 46.1. The Kier molecular flexibility index (Phi) is 1.69. The van der Waals surface area contributed by atoms with Gasteiger partial charge < -0.3 is 4.74 Å². The lowest BCUT2D eigenvalue weighted by molar-refractivity contribution is 0.0616. The molecule has 1 nitrogen and oxygen atoms in total. The molecule has 1 aliphatic heterocycles. The van der Waals surface area contributed by atoms with Crippen molar-refractivity contribution >= 4 is 0 Å². The van der Waals surface area contributed by atoms with Gasteiger partial charge in [-0.15, -0.1) is 0 Å². The van der Waals surface area contributed by atoms with Crippen LogP contribution < -0.4 is 0 Å². The molecule has 7 heavy (non-hydrogen) atoms. The smallest absolute Gasteiger partial charge is 0.0491 e. The standard InChI is InChI=1S/C6H12O/c1-6-3-2-4-7-5-6/h6H,2-5H2,1H3. The molecule has 0 aromatic carbocycles. The van der Waals surface area contributed by atoms with Gasteiger partial charge in [-0.1, -0.05) is 6.92 Å². The molecule has 1 saturated heterocycles. The summed E-state index contributed by atoms with van der Waals surface area (Å²) >= 11 is 0. The molecule has 0 aromatic rings. The van der Waals surface area contributed by atoms with Gasteiger partial charge in [0, 0.05) is 13.2 Å². The van der Waals surface area contributed by atoms with Crippen molar-refractivity contribution in [3.05, 3.63) is 0 Å². The van der Waals surface area contributed by atoms with Crippen molar-refractivity contribution in [2.75, 3.05) is 13.2 Å². The van der Waals surface area contributed by atoms with Gasteiger partial charge >= 0.3 is 0 Å². The van der Waals surface area contributed by atoms with E-state index < -0.39 is 0 Å². The topological polar surface area (TPSA) is 9.23 Å². The lowest BCUT2D eigenvalue weighted by Gasteiger charge is -2.16. The van der Waals surface area contributed by atoms with Crippen LogP contribution in [0.25, 0.3) is 0 Å². The molecule has 1 rings (SSSR count). The zero-order valence-corrected chi connectivity index (χ0v) is 4.81. The van der Waals surface area contributed by atoms with Crippen LogP contribution >= 0.6 is 0 Å².